The minimum atomic E-state index is 0.137. The van der Waals surface area contributed by atoms with E-state index in [2.05, 4.69) is 22.1 Å². The summed E-state index contributed by atoms with van der Waals surface area (Å²) in [6, 6.07) is 6.04. The Labute approximate surface area is 130 Å². The third kappa shape index (κ3) is 3.91. The highest BCUT2D eigenvalue weighted by Gasteiger charge is 2.14. The number of hydrogen-bond donors (Lipinski definition) is 0. The zero-order valence-electron chi connectivity index (χ0n) is 13.2. The minimum Gasteiger partial charge on any atom is -0.293 e. The molecule has 0 amide bonds. The third-order valence-electron chi connectivity index (χ3n) is 3.25. The molecule has 0 radical (unpaired) electrons. The highest BCUT2D eigenvalue weighted by atomic mass is 32.2. The average Bonchev–Trinajstić information content (AvgIpc) is 2.34. The molecular weight excluding hydrogens is 280 g/mol. The van der Waals surface area contributed by atoms with Crippen molar-refractivity contribution in [2.45, 2.75) is 39.8 Å². The number of thioether (sulfide) groups is 1. The Balaban J connectivity index is 2.15. The van der Waals surface area contributed by atoms with Crippen molar-refractivity contribution in [1.82, 2.24) is 9.97 Å². The highest BCUT2D eigenvalue weighted by Crippen LogP contribution is 2.21. The number of nitrogens with zero attached hydrogens (tertiary/aromatic N) is 2. The molecule has 0 saturated heterocycles. The van der Waals surface area contributed by atoms with Gasteiger partial charge in [-0.25, -0.2) is 9.97 Å². The molecule has 21 heavy (non-hydrogen) atoms. The van der Waals surface area contributed by atoms with Crippen LogP contribution >= 0.6 is 11.8 Å². The molecule has 0 atom stereocenters. The van der Waals surface area contributed by atoms with Crippen LogP contribution in [0, 0.1) is 34.6 Å². The predicted molar refractivity (Wildman–Crippen MR) is 87.2 cm³/mol. The van der Waals surface area contributed by atoms with E-state index in [4.69, 9.17) is 0 Å². The summed E-state index contributed by atoms with van der Waals surface area (Å²) in [7, 11) is 0. The van der Waals surface area contributed by atoms with Crippen LogP contribution in [-0.2, 0) is 0 Å². The number of carbonyl (C=O) groups excluding carboxylic acids is 1. The lowest BCUT2D eigenvalue weighted by atomic mass is 9.97. The van der Waals surface area contributed by atoms with Crippen LogP contribution in [0.25, 0.3) is 0 Å². The Morgan fingerprint density at radius 2 is 1.48 bits per heavy atom. The van der Waals surface area contributed by atoms with Crippen molar-refractivity contribution in [3.63, 3.8) is 0 Å². The molecule has 0 aliphatic heterocycles. The molecule has 0 spiro atoms. The summed E-state index contributed by atoms with van der Waals surface area (Å²) in [4.78, 5) is 21.2. The molecule has 2 rings (SSSR count). The van der Waals surface area contributed by atoms with Crippen LogP contribution in [0.15, 0.2) is 23.4 Å². The molecular formula is C17H20N2OS. The smallest absolute Gasteiger partial charge is 0.188 e. The number of ketones is 1. The number of Topliss-reactive ketones (excluding diaryl/α,β-unsaturated/α-hetero) is 1. The first-order valence-electron chi connectivity index (χ1n) is 6.93. The maximum atomic E-state index is 12.5. The second-order valence-electron chi connectivity index (χ2n) is 5.42. The van der Waals surface area contributed by atoms with Gasteiger partial charge in [-0.3, -0.25) is 4.79 Å². The fraction of sp³-hybridized carbons (Fsp3) is 0.353. The van der Waals surface area contributed by atoms with Crippen molar-refractivity contribution < 1.29 is 4.79 Å². The summed E-state index contributed by atoms with van der Waals surface area (Å²) in [6.07, 6.45) is 0. The van der Waals surface area contributed by atoms with Crippen molar-refractivity contribution in [3.05, 3.63) is 51.8 Å². The van der Waals surface area contributed by atoms with Crippen LogP contribution in [-0.4, -0.2) is 21.5 Å². The van der Waals surface area contributed by atoms with E-state index in [9.17, 15) is 4.79 Å². The van der Waals surface area contributed by atoms with Crippen molar-refractivity contribution >= 4 is 17.5 Å². The highest BCUT2D eigenvalue weighted by molar-refractivity contribution is 7.99. The summed E-state index contributed by atoms with van der Waals surface area (Å²) in [5.41, 5.74) is 5.96. The van der Waals surface area contributed by atoms with E-state index in [1.165, 1.54) is 17.3 Å². The van der Waals surface area contributed by atoms with Gasteiger partial charge in [-0.05, 0) is 51.8 Å². The van der Waals surface area contributed by atoms with E-state index < -0.39 is 0 Å². The Morgan fingerprint density at radius 1 is 0.952 bits per heavy atom. The molecule has 0 fully saturated rings. The molecule has 1 aromatic carbocycles. The van der Waals surface area contributed by atoms with Gasteiger partial charge in [0.2, 0.25) is 0 Å². The molecule has 0 aliphatic rings. The first kappa shape index (κ1) is 15.7. The number of carbonyl (C=O) groups is 1. The van der Waals surface area contributed by atoms with E-state index in [0.717, 1.165) is 28.1 Å². The second kappa shape index (κ2) is 6.39. The maximum Gasteiger partial charge on any atom is 0.188 e. The largest absolute Gasteiger partial charge is 0.293 e. The number of aromatic nitrogens is 2. The molecule has 0 N–H and O–H groups in total. The monoisotopic (exact) mass is 300 g/mol. The van der Waals surface area contributed by atoms with E-state index in [-0.39, 0.29) is 5.78 Å². The summed E-state index contributed by atoms with van der Waals surface area (Å²) in [5, 5.41) is 0.670. The summed E-state index contributed by atoms with van der Waals surface area (Å²) in [6.45, 7) is 9.91. The van der Waals surface area contributed by atoms with Gasteiger partial charge in [0.05, 0.1) is 5.75 Å². The first-order chi connectivity index (χ1) is 9.86. The SMILES string of the molecule is Cc1cc(C)c(C(=O)CSc2nc(C)cc(C)n2)c(C)c1. The molecule has 3 nitrogen and oxygen atoms in total. The van der Waals surface area contributed by atoms with Gasteiger partial charge in [-0.1, -0.05) is 29.5 Å². The molecule has 0 aliphatic carbocycles. The molecule has 0 saturated carbocycles. The number of hydrogen-bond acceptors (Lipinski definition) is 4. The zero-order chi connectivity index (χ0) is 15.6. The van der Waals surface area contributed by atoms with Crippen LogP contribution < -0.4 is 0 Å². The van der Waals surface area contributed by atoms with E-state index in [1.807, 2.05) is 40.7 Å². The first-order valence-corrected chi connectivity index (χ1v) is 7.91. The van der Waals surface area contributed by atoms with Gasteiger partial charge in [-0.2, -0.15) is 0 Å². The summed E-state index contributed by atoms with van der Waals surface area (Å²) < 4.78 is 0. The predicted octanol–water partition coefficient (Wildman–Crippen LogP) is 3.99. The summed E-state index contributed by atoms with van der Waals surface area (Å²) >= 11 is 1.40. The van der Waals surface area contributed by atoms with Crippen LogP contribution in [0.4, 0.5) is 0 Å². The Hall–Kier alpha value is -1.68. The van der Waals surface area contributed by atoms with E-state index >= 15 is 0 Å². The second-order valence-corrected chi connectivity index (χ2v) is 6.36. The van der Waals surface area contributed by atoms with Crippen molar-refractivity contribution in [2.24, 2.45) is 0 Å². The molecule has 4 heteroatoms. The molecule has 1 heterocycles. The number of rotatable bonds is 4. The normalized spacial score (nSPS) is 10.7. The van der Waals surface area contributed by atoms with Crippen LogP contribution in [0.3, 0.4) is 0 Å². The van der Waals surface area contributed by atoms with E-state index in [0.29, 0.717) is 10.9 Å². The van der Waals surface area contributed by atoms with Gasteiger partial charge in [0.1, 0.15) is 0 Å². The van der Waals surface area contributed by atoms with Gasteiger partial charge >= 0.3 is 0 Å². The topological polar surface area (TPSA) is 42.9 Å². The van der Waals surface area contributed by atoms with Gasteiger partial charge in [-0.15, -0.1) is 0 Å². The van der Waals surface area contributed by atoms with Crippen molar-refractivity contribution in [2.75, 3.05) is 5.75 Å². The van der Waals surface area contributed by atoms with Crippen molar-refractivity contribution in [3.8, 4) is 0 Å². The summed E-state index contributed by atoms with van der Waals surface area (Å²) in [5.74, 6) is 0.505. The Morgan fingerprint density at radius 3 is 2.00 bits per heavy atom. The van der Waals surface area contributed by atoms with Crippen LogP contribution in [0.2, 0.25) is 0 Å². The Bertz CT molecular complexity index is 652. The Kier molecular flexibility index (Phi) is 4.78. The molecule has 110 valence electrons. The molecule has 0 unspecified atom stereocenters. The zero-order valence-corrected chi connectivity index (χ0v) is 14.0. The number of benzene rings is 1. The van der Waals surface area contributed by atoms with Gasteiger partial charge < -0.3 is 0 Å². The fourth-order valence-electron chi connectivity index (χ4n) is 2.58. The van der Waals surface area contributed by atoms with Gasteiger partial charge in [0.15, 0.2) is 10.9 Å². The lowest BCUT2D eigenvalue weighted by molar-refractivity contribution is 0.102. The fourth-order valence-corrected chi connectivity index (χ4v) is 3.40. The maximum absolute atomic E-state index is 12.5. The van der Waals surface area contributed by atoms with Gasteiger partial charge in [0.25, 0.3) is 0 Å². The van der Waals surface area contributed by atoms with Crippen molar-refractivity contribution in [1.29, 1.82) is 0 Å². The third-order valence-corrected chi connectivity index (χ3v) is 4.10. The lowest BCUT2D eigenvalue weighted by Crippen LogP contribution is -2.08. The van der Waals surface area contributed by atoms with E-state index in [1.54, 1.807) is 0 Å². The van der Waals surface area contributed by atoms with Crippen LogP contribution in [0.5, 0.6) is 0 Å². The quantitative estimate of drug-likeness (QED) is 0.486. The number of aryl methyl sites for hydroxylation is 5. The molecule has 0 bridgehead atoms. The molecule has 2 aromatic rings. The lowest BCUT2D eigenvalue weighted by Gasteiger charge is -2.10. The van der Waals surface area contributed by atoms with Crippen LogP contribution in [0.1, 0.15) is 38.4 Å². The standard InChI is InChI=1S/C17H20N2OS/c1-10-6-11(2)16(12(3)7-10)15(20)9-21-17-18-13(4)8-14(5)19-17/h6-8H,9H2,1-5H3. The molecule has 1 aromatic heterocycles. The van der Waals surface area contributed by atoms with Gasteiger partial charge in [0, 0.05) is 17.0 Å². The average molecular weight is 300 g/mol. The minimum absolute atomic E-state index is 0.137.